The molecule has 2 rings (SSSR count). The Morgan fingerprint density at radius 1 is 1.40 bits per heavy atom. The molecule has 1 fully saturated rings. The maximum Gasteiger partial charge on any atom is 0.279 e. The van der Waals surface area contributed by atoms with E-state index in [0.717, 1.165) is 24.5 Å². The summed E-state index contributed by atoms with van der Waals surface area (Å²) in [5.74, 6) is 0.762. The van der Waals surface area contributed by atoms with Crippen LogP contribution in [0.25, 0.3) is 0 Å². The topological polar surface area (TPSA) is 52.0 Å². The zero-order valence-corrected chi connectivity index (χ0v) is 12.3. The van der Waals surface area contributed by atoms with E-state index in [1.807, 2.05) is 24.3 Å². The van der Waals surface area contributed by atoms with Gasteiger partial charge in [-0.3, -0.25) is 4.79 Å². The van der Waals surface area contributed by atoms with Crippen LogP contribution in [0.2, 0.25) is 0 Å². The number of carbonyl (C=O) groups excluding carboxylic acids is 1. The molecule has 0 aliphatic carbocycles. The Bertz CT molecular complexity index is 454. The van der Waals surface area contributed by atoms with Crippen LogP contribution in [0.1, 0.15) is 13.8 Å². The largest absolute Gasteiger partial charge is 0.497 e. The number of ether oxygens (including phenoxy) is 2. The first-order valence-corrected chi connectivity index (χ1v) is 6.99. The molecular weight excluding hydrogens is 256 g/mol. The van der Waals surface area contributed by atoms with Crippen molar-refractivity contribution in [2.45, 2.75) is 26.1 Å². The van der Waals surface area contributed by atoms with Crippen LogP contribution in [0.15, 0.2) is 24.3 Å². The van der Waals surface area contributed by atoms with Crippen molar-refractivity contribution in [3.8, 4) is 5.75 Å². The molecule has 0 aromatic heterocycles. The Kier molecular flexibility index (Phi) is 4.98. The van der Waals surface area contributed by atoms with Crippen molar-refractivity contribution in [2.75, 3.05) is 32.1 Å². The van der Waals surface area contributed by atoms with E-state index in [0.29, 0.717) is 6.54 Å². The lowest BCUT2D eigenvalue weighted by atomic mass is 10.2. The molecule has 1 aliphatic heterocycles. The second-order valence-corrected chi connectivity index (χ2v) is 5.37. The Labute approximate surface area is 119 Å². The summed E-state index contributed by atoms with van der Waals surface area (Å²) in [6.07, 6.45) is 0.414. The number of quaternary nitrogens is 1. The van der Waals surface area contributed by atoms with Gasteiger partial charge in [0.05, 0.1) is 7.11 Å². The summed E-state index contributed by atoms with van der Waals surface area (Å²) in [6.45, 7) is 6.31. The number of methoxy groups -OCH3 is 1. The van der Waals surface area contributed by atoms with Crippen molar-refractivity contribution in [3.63, 3.8) is 0 Å². The van der Waals surface area contributed by atoms with Gasteiger partial charge in [-0.1, -0.05) is 6.07 Å². The van der Waals surface area contributed by atoms with E-state index in [-0.39, 0.29) is 18.1 Å². The van der Waals surface area contributed by atoms with E-state index in [1.54, 1.807) is 7.11 Å². The van der Waals surface area contributed by atoms with Gasteiger partial charge in [-0.15, -0.1) is 0 Å². The quantitative estimate of drug-likeness (QED) is 0.835. The van der Waals surface area contributed by atoms with Gasteiger partial charge in [0.15, 0.2) is 6.54 Å². The molecule has 1 amide bonds. The SMILES string of the molecule is COc1cccc(NC(=O)C[NH+]2C[C@H](C)O[C@@H](C)C2)c1. The van der Waals surface area contributed by atoms with Crippen LogP contribution in [0, 0.1) is 0 Å². The lowest BCUT2D eigenvalue weighted by molar-refractivity contribution is -0.907. The van der Waals surface area contributed by atoms with E-state index >= 15 is 0 Å². The number of amides is 1. The number of nitrogens with one attached hydrogen (secondary N) is 2. The highest BCUT2D eigenvalue weighted by Crippen LogP contribution is 2.16. The highest BCUT2D eigenvalue weighted by Gasteiger charge is 2.27. The first-order chi connectivity index (χ1) is 9.56. The first-order valence-electron chi connectivity index (χ1n) is 6.99. The summed E-state index contributed by atoms with van der Waals surface area (Å²) in [5, 5.41) is 2.91. The molecule has 0 saturated carbocycles. The number of carbonyl (C=O) groups is 1. The fourth-order valence-electron chi connectivity index (χ4n) is 2.67. The maximum atomic E-state index is 12.1. The summed E-state index contributed by atoms with van der Waals surface area (Å²) < 4.78 is 10.8. The van der Waals surface area contributed by atoms with Crippen LogP contribution in [-0.4, -0.2) is 44.9 Å². The van der Waals surface area contributed by atoms with Gasteiger partial charge in [-0.2, -0.15) is 0 Å². The monoisotopic (exact) mass is 279 g/mol. The molecule has 0 spiro atoms. The molecule has 20 heavy (non-hydrogen) atoms. The molecule has 110 valence electrons. The normalized spacial score (nSPS) is 26.1. The summed E-state index contributed by atoms with van der Waals surface area (Å²) in [7, 11) is 1.61. The Balaban J connectivity index is 1.88. The van der Waals surface area contributed by atoms with Crippen LogP contribution >= 0.6 is 0 Å². The highest BCUT2D eigenvalue weighted by molar-refractivity contribution is 5.91. The molecule has 1 aliphatic rings. The predicted molar refractivity (Wildman–Crippen MR) is 77.2 cm³/mol. The molecule has 0 unspecified atom stereocenters. The average Bonchev–Trinajstić information content (AvgIpc) is 2.37. The van der Waals surface area contributed by atoms with Gasteiger partial charge in [-0.25, -0.2) is 0 Å². The summed E-state index contributed by atoms with van der Waals surface area (Å²) in [5.41, 5.74) is 0.767. The average molecular weight is 279 g/mol. The number of hydrogen-bond donors (Lipinski definition) is 2. The number of hydrogen-bond acceptors (Lipinski definition) is 3. The van der Waals surface area contributed by atoms with Crippen molar-refractivity contribution >= 4 is 11.6 Å². The zero-order chi connectivity index (χ0) is 14.5. The van der Waals surface area contributed by atoms with Crippen molar-refractivity contribution in [2.24, 2.45) is 0 Å². The van der Waals surface area contributed by atoms with Gasteiger partial charge in [0, 0.05) is 11.8 Å². The minimum Gasteiger partial charge on any atom is -0.497 e. The van der Waals surface area contributed by atoms with Gasteiger partial charge < -0.3 is 19.7 Å². The molecule has 5 heteroatoms. The van der Waals surface area contributed by atoms with E-state index in [4.69, 9.17) is 9.47 Å². The lowest BCUT2D eigenvalue weighted by Crippen LogP contribution is -3.16. The van der Waals surface area contributed by atoms with Crippen molar-refractivity contribution in [3.05, 3.63) is 24.3 Å². The number of anilines is 1. The minimum atomic E-state index is 0.0227. The van der Waals surface area contributed by atoms with Crippen LogP contribution in [-0.2, 0) is 9.53 Å². The number of rotatable bonds is 4. The van der Waals surface area contributed by atoms with Crippen LogP contribution < -0.4 is 15.0 Å². The van der Waals surface area contributed by atoms with Gasteiger partial charge in [0.1, 0.15) is 31.0 Å². The van der Waals surface area contributed by atoms with Crippen molar-refractivity contribution in [1.29, 1.82) is 0 Å². The fourth-order valence-corrected chi connectivity index (χ4v) is 2.67. The first kappa shape index (κ1) is 14.8. The Morgan fingerprint density at radius 2 is 2.10 bits per heavy atom. The van der Waals surface area contributed by atoms with E-state index < -0.39 is 0 Å². The predicted octanol–water partition coefficient (Wildman–Crippen LogP) is 0.326. The Morgan fingerprint density at radius 3 is 2.75 bits per heavy atom. The van der Waals surface area contributed by atoms with E-state index in [9.17, 15) is 4.79 Å². The Hall–Kier alpha value is -1.59. The standard InChI is InChI=1S/C15H22N2O3/c1-11-8-17(9-12(2)20-11)10-15(18)16-13-5-4-6-14(7-13)19-3/h4-7,11-12H,8-10H2,1-3H3,(H,16,18)/p+1/t11-,12-/m0/s1. The van der Waals surface area contributed by atoms with Crippen LogP contribution in [0.3, 0.4) is 0 Å². The van der Waals surface area contributed by atoms with Gasteiger partial charge in [-0.05, 0) is 26.0 Å². The summed E-state index contributed by atoms with van der Waals surface area (Å²) in [4.78, 5) is 13.3. The molecule has 0 bridgehead atoms. The second kappa shape index (κ2) is 6.72. The molecular formula is C15H23N2O3+. The number of benzene rings is 1. The molecule has 2 atom stereocenters. The van der Waals surface area contributed by atoms with Crippen LogP contribution in [0.4, 0.5) is 5.69 Å². The zero-order valence-electron chi connectivity index (χ0n) is 12.3. The third-order valence-electron chi connectivity index (χ3n) is 3.38. The van der Waals surface area contributed by atoms with Gasteiger partial charge in [0.2, 0.25) is 0 Å². The molecule has 1 aromatic rings. The van der Waals surface area contributed by atoms with Gasteiger partial charge >= 0.3 is 0 Å². The third-order valence-corrected chi connectivity index (χ3v) is 3.38. The highest BCUT2D eigenvalue weighted by atomic mass is 16.5. The smallest absolute Gasteiger partial charge is 0.279 e. The van der Waals surface area contributed by atoms with Crippen molar-refractivity contribution in [1.82, 2.24) is 0 Å². The lowest BCUT2D eigenvalue weighted by Gasteiger charge is -2.31. The molecule has 1 aromatic carbocycles. The summed E-state index contributed by atoms with van der Waals surface area (Å²) in [6, 6.07) is 7.39. The van der Waals surface area contributed by atoms with Gasteiger partial charge in [0.25, 0.3) is 5.91 Å². The summed E-state index contributed by atoms with van der Waals surface area (Å²) >= 11 is 0. The number of morpholine rings is 1. The van der Waals surface area contributed by atoms with Crippen molar-refractivity contribution < 1.29 is 19.2 Å². The molecule has 5 nitrogen and oxygen atoms in total. The molecule has 0 radical (unpaired) electrons. The second-order valence-electron chi connectivity index (χ2n) is 5.37. The minimum absolute atomic E-state index is 0.0227. The van der Waals surface area contributed by atoms with E-state index in [1.165, 1.54) is 4.90 Å². The third kappa shape index (κ3) is 4.21. The van der Waals surface area contributed by atoms with Crippen LogP contribution in [0.5, 0.6) is 5.75 Å². The maximum absolute atomic E-state index is 12.1. The van der Waals surface area contributed by atoms with E-state index in [2.05, 4.69) is 19.2 Å². The fraction of sp³-hybridized carbons (Fsp3) is 0.533. The molecule has 2 N–H and O–H groups in total. The molecule has 1 saturated heterocycles. The molecule has 1 heterocycles.